The second-order valence-corrected chi connectivity index (χ2v) is 7.52. The van der Waals surface area contributed by atoms with Crippen LogP contribution in [0.15, 0.2) is 60.7 Å². The van der Waals surface area contributed by atoms with Crippen LogP contribution in [0, 0.1) is 5.92 Å². The zero-order valence-electron chi connectivity index (χ0n) is 15.5. The van der Waals surface area contributed by atoms with Crippen LogP contribution in [-0.2, 0) is 13.0 Å². The van der Waals surface area contributed by atoms with Crippen LogP contribution in [0.3, 0.4) is 0 Å². The number of aliphatic hydroxyl groups is 1. The average Bonchev–Trinajstić information content (AvgIpc) is 2.70. The molecule has 4 heteroatoms. The van der Waals surface area contributed by atoms with Gasteiger partial charge < -0.3 is 10.2 Å². The van der Waals surface area contributed by atoms with Gasteiger partial charge in [0.2, 0.25) is 0 Å². The van der Waals surface area contributed by atoms with Crippen molar-refractivity contribution in [2.45, 2.75) is 31.9 Å². The molecule has 0 spiro atoms. The number of phenols is 1. The molecule has 4 rings (SSSR count). The van der Waals surface area contributed by atoms with E-state index in [0.717, 1.165) is 50.0 Å². The third kappa shape index (κ3) is 4.29. The van der Waals surface area contributed by atoms with Gasteiger partial charge in [0.05, 0.1) is 11.8 Å². The van der Waals surface area contributed by atoms with Crippen LogP contribution in [0.4, 0.5) is 0 Å². The molecule has 2 heterocycles. The third-order valence-electron chi connectivity index (χ3n) is 5.61. The van der Waals surface area contributed by atoms with Crippen LogP contribution in [0.25, 0.3) is 10.9 Å². The number of para-hydroxylation sites is 1. The number of benzene rings is 2. The van der Waals surface area contributed by atoms with Crippen LogP contribution in [-0.4, -0.2) is 39.3 Å². The Morgan fingerprint density at radius 2 is 1.74 bits per heavy atom. The number of phenolic OH excluding ortho intramolecular Hbond substituents is 1. The van der Waals surface area contributed by atoms with Crippen LogP contribution < -0.4 is 0 Å². The molecule has 1 unspecified atom stereocenters. The van der Waals surface area contributed by atoms with Crippen LogP contribution in [0.2, 0.25) is 0 Å². The van der Waals surface area contributed by atoms with Crippen molar-refractivity contribution in [2.75, 3.05) is 13.1 Å². The maximum atomic E-state index is 10.6. The summed E-state index contributed by atoms with van der Waals surface area (Å²) in [5.74, 6) is 0.590. The molecule has 0 amide bonds. The summed E-state index contributed by atoms with van der Waals surface area (Å²) in [6, 6.07) is 19.8. The standard InChI is InChI=1S/C23H26N2O2/c26-21-8-4-7-19-9-10-20(24-23(19)21)16-25-13-11-18(12-14-25)22(27)15-17-5-2-1-3-6-17/h1-10,18,22,26-27H,11-16H2. The van der Waals surface area contributed by atoms with Gasteiger partial charge in [-0.05, 0) is 56.0 Å². The van der Waals surface area contributed by atoms with Crippen molar-refractivity contribution in [3.05, 3.63) is 71.9 Å². The summed E-state index contributed by atoms with van der Waals surface area (Å²) >= 11 is 0. The molecule has 0 radical (unpaired) electrons. The fourth-order valence-electron chi connectivity index (χ4n) is 4.01. The van der Waals surface area contributed by atoms with Gasteiger partial charge >= 0.3 is 0 Å². The number of aliphatic hydroxyl groups excluding tert-OH is 1. The Hall–Kier alpha value is -2.43. The Labute approximate surface area is 160 Å². The van der Waals surface area contributed by atoms with Gasteiger partial charge in [-0.3, -0.25) is 4.90 Å². The van der Waals surface area contributed by atoms with Crippen molar-refractivity contribution < 1.29 is 10.2 Å². The van der Waals surface area contributed by atoms with Gasteiger partial charge in [-0.2, -0.15) is 0 Å². The molecule has 2 N–H and O–H groups in total. The summed E-state index contributed by atoms with van der Waals surface area (Å²) < 4.78 is 0. The van der Waals surface area contributed by atoms with Crippen LogP contribution in [0.1, 0.15) is 24.1 Å². The summed E-state index contributed by atoms with van der Waals surface area (Å²) in [5, 5.41) is 21.6. The molecule has 1 aliphatic heterocycles. The van der Waals surface area contributed by atoms with Gasteiger partial charge in [0.1, 0.15) is 11.3 Å². The van der Waals surface area contributed by atoms with E-state index < -0.39 is 0 Å². The Morgan fingerprint density at radius 3 is 2.52 bits per heavy atom. The van der Waals surface area contributed by atoms with Crippen molar-refractivity contribution in [2.24, 2.45) is 5.92 Å². The molecule has 27 heavy (non-hydrogen) atoms. The van der Waals surface area contributed by atoms with E-state index in [9.17, 15) is 10.2 Å². The fourth-order valence-corrected chi connectivity index (χ4v) is 4.01. The lowest BCUT2D eigenvalue weighted by Crippen LogP contribution is -2.38. The summed E-state index contributed by atoms with van der Waals surface area (Å²) in [5.41, 5.74) is 2.85. The van der Waals surface area contributed by atoms with Crippen molar-refractivity contribution in [1.82, 2.24) is 9.88 Å². The first-order valence-electron chi connectivity index (χ1n) is 9.71. The minimum atomic E-state index is -0.273. The molecule has 0 bridgehead atoms. The quantitative estimate of drug-likeness (QED) is 0.726. The highest BCUT2D eigenvalue weighted by Gasteiger charge is 2.25. The first-order chi connectivity index (χ1) is 13.2. The molecule has 0 aliphatic carbocycles. The first-order valence-corrected chi connectivity index (χ1v) is 9.71. The van der Waals surface area contributed by atoms with Gasteiger partial charge in [-0.1, -0.05) is 48.5 Å². The molecular formula is C23H26N2O2. The molecular weight excluding hydrogens is 336 g/mol. The Balaban J connectivity index is 1.33. The molecule has 1 atom stereocenters. The number of fused-ring (bicyclic) bond motifs is 1. The number of likely N-dealkylation sites (tertiary alicyclic amines) is 1. The van der Waals surface area contributed by atoms with E-state index in [1.165, 1.54) is 5.56 Å². The Kier molecular flexibility index (Phi) is 5.37. The summed E-state index contributed by atoms with van der Waals surface area (Å²) in [4.78, 5) is 7.03. The largest absolute Gasteiger partial charge is 0.506 e. The maximum absolute atomic E-state index is 10.6. The molecule has 4 nitrogen and oxygen atoms in total. The fraction of sp³-hybridized carbons (Fsp3) is 0.348. The molecule has 1 aromatic heterocycles. The highest BCUT2D eigenvalue weighted by atomic mass is 16.3. The first kappa shape index (κ1) is 18.0. The molecule has 2 aromatic carbocycles. The summed E-state index contributed by atoms with van der Waals surface area (Å²) in [6.07, 6.45) is 2.47. The van der Waals surface area contributed by atoms with Crippen molar-refractivity contribution in [3.63, 3.8) is 0 Å². The number of aromatic hydroxyl groups is 1. The molecule has 140 valence electrons. The minimum Gasteiger partial charge on any atom is -0.506 e. The number of hydrogen-bond acceptors (Lipinski definition) is 4. The maximum Gasteiger partial charge on any atom is 0.141 e. The number of hydrogen-bond donors (Lipinski definition) is 2. The van der Waals surface area contributed by atoms with E-state index in [-0.39, 0.29) is 11.9 Å². The van der Waals surface area contributed by atoms with Gasteiger partial charge in [-0.15, -0.1) is 0 Å². The predicted octanol–water partition coefficient (Wildman–Crippen LogP) is 3.76. The Morgan fingerprint density at radius 1 is 0.963 bits per heavy atom. The minimum absolute atomic E-state index is 0.233. The number of aromatic nitrogens is 1. The third-order valence-corrected chi connectivity index (χ3v) is 5.61. The zero-order valence-corrected chi connectivity index (χ0v) is 15.5. The van der Waals surface area contributed by atoms with Crippen LogP contribution in [0.5, 0.6) is 5.75 Å². The number of piperidine rings is 1. The smallest absolute Gasteiger partial charge is 0.141 e. The second kappa shape index (κ2) is 8.07. The molecule has 1 fully saturated rings. The summed E-state index contributed by atoms with van der Waals surface area (Å²) in [7, 11) is 0. The number of rotatable bonds is 5. The van der Waals surface area contributed by atoms with Gasteiger partial charge in [0.15, 0.2) is 0 Å². The van der Waals surface area contributed by atoms with Crippen molar-refractivity contribution >= 4 is 10.9 Å². The SMILES string of the molecule is Oc1cccc2ccc(CN3CCC(C(O)Cc4ccccc4)CC3)nc12. The van der Waals surface area contributed by atoms with E-state index >= 15 is 0 Å². The lowest BCUT2D eigenvalue weighted by atomic mass is 9.88. The normalized spacial score (nSPS) is 17.2. The van der Waals surface area contributed by atoms with E-state index in [1.54, 1.807) is 6.07 Å². The van der Waals surface area contributed by atoms with Gasteiger partial charge in [0, 0.05) is 11.9 Å². The highest BCUT2D eigenvalue weighted by molar-refractivity contribution is 5.84. The van der Waals surface area contributed by atoms with Crippen molar-refractivity contribution in [1.29, 1.82) is 0 Å². The van der Waals surface area contributed by atoms with Crippen molar-refractivity contribution in [3.8, 4) is 5.75 Å². The average molecular weight is 362 g/mol. The zero-order chi connectivity index (χ0) is 18.6. The van der Waals surface area contributed by atoms with E-state index in [0.29, 0.717) is 11.4 Å². The highest BCUT2D eigenvalue weighted by Crippen LogP contribution is 2.26. The van der Waals surface area contributed by atoms with Crippen LogP contribution >= 0.6 is 0 Å². The predicted molar refractivity (Wildman–Crippen MR) is 108 cm³/mol. The lowest BCUT2D eigenvalue weighted by Gasteiger charge is -2.34. The number of nitrogens with zero attached hydrogens (tertiary/aromatic N) is 2. The number of pyridine rings is 1. The molecule has 1 saturated heterocycles. The lowest BCUT2D eigenvalue weighted by molar-refractivity contribution is 0.0573. The molecule has 0 saturated carbocycles. The topological polar surface area (TPSA) is 56.6 Å². The van der Waals surface area contributed by atoms with Gasteiger partial charge in [-0.25, -0.2) is 4.98 Å². The Bertz CT molecular complexity index is 889. The van der Waals surface area contributed by atoms with E-state index in [1.807, 2.05) is 42.5 Å². The van der Waals surface area contributed by atoms with E-state index in [4.69, 9.17) is 0 Å². The monoisotopic (exact) mass is 362 g/mol. The summed E-state index contributed by atoms with van der Waals surface area (Å²) in [6.45, 7) is 2.72. The van der Waals surface area contributed by atoms with Gasteiger partial charge in [0.25, 0.3) is 0 Å². The molecule has 3 aromatic rings. The van der Waals surface area contributed by atoms with E-state index in [2.05, 4.69) is 22.0 Å². The second-order valence-electron chi connectivity index (χ2n) is 7.52. The molecule has 1 aliphatic rings.